The summed E-state index contributed by atoms with van der Waals surface area (Å²) in [5.41, 5.74) is 17.3. The number of benzene rings is 4. The molecule has 0 saturated carbocycles. The average Bonchev–Trinajstić information content (AvgIpc) is 3.54. The van der Waals surface area contributed by atoms with Gasteiger partial charge in [0.05, 0.1) is 0 Å². The van der Waals surface area contributed by atoms with Crippen molar-refractivity contribution in [2.24, 2.45) is 0 Å². The second-order valence-electron chi connectivity index (χ2n) is 15.0. The van der Waals surface area contributed by atoms with Gasteiger partial charge in [-0.1, -0.05) is 0 Å². The Morgan fingerprint density at radius 1 is 0.689 bits per heavy atom. The Balaban J connectivity index is 1.53. The molecule has 4 aromatic carbocycles. The molecule has 0 bridgehead atoms. The predicted octanol–water partition coefficient (Wildman–Crippen LogP) is 12.9. The van der Waals surface area contributed by atoms with Crippen LogP contribution in [0.2, 0.25) is 13.1 Å². The molecule has 2 aliphatic rings. The van der Waals surface area contributed by atoms with Gasteiger partial charge in [-0.05, 0) is 0 Å². The molecule has 2 unspecified atom stereocenters. The van der Waals surface area contributed by atoms with Crippen LogP contribution in [0.1, 0.15) is 87.2 Å². The molecule has 0 N–H and O–H groups in total. The number of fused-ring (bicyclic) bond motifs is 2. The number of allylic oxidation sites excluding steroid dienone is 2. The van der Waals surface area contributed by atoms with Gasteiger partial charge in [0, 0.05) is 0 Å². The minimum absolute atomic E-state index is 0.0999. The van der Waals surface area contributed by atoms with Gasteiger partial charge < -0.3 is 0 Å². The summed E-state index contributed by atoms with van der Waals surface area (Å²) in [7, 11) is 17.1. The van der Waals surface area contributed by atoms with Crippen molar-refractivity contribution in [1.29, 1.82) is 0 Å². The molecule has 0 aliphatic heterocycles. The Hall–Kier alpha value is -1.96. The van der Waals surface area contributed by atoms with Crippen molar-refractivity contribution in [2.45, 2.75) is 80.6 Å². The summed E-state index contributed by atoms with van der Waals surface area (Å²) >= 11 is -4.74. The molecule has 0 aromatic heterocycles. The van der Waals surface area contributed by atoms with Gasteiger partial charge >= 0.3 is 283 Å². The quantitative estimate of drug-likeness (QED) is 0.173. The molecule has 2 aliphatic carbocycles. The summed E-state index contributed by atoms with van der Waals surface area (Å²) in [5.74, 6) is -1.59. The van der Waals surface area contributed by atoms with Gasteiger partial charge in [-0.15, -0.1) is 0 Å². The first kappa shape index (κ1) is 33.0. The van der Waals surface area contributed by atoms with E-state index in [1.54, 1.807) is 0 Å². The standard InChI is InChI=1S/C21H23.C18H17.C2H7Si.2ClH.Zr/c1-5-15-13-17-7-6-8-19(20(17)14-15)16-9-11-18(12-10-16)21(2,3)4;1-12-7-13(2)10-16(9-12)17-6-4-5-15-8-14(3)11-18(15)17;1-3-2;;;/h6-14H,5H2,1-4H3;4-11H,1-3H3;3H,1-2H3;2*1H;/q;;;;;+2/p-2. The molecule has 45 heavy (non-hydrogen) atoms. The molecular formula is C41H47Cl2SiZr. The maximum atomic E-state index is 8.54. The number of aryl methyl sites for hydroxylation is 2. The first-order valence-electron chi connectivity index (χ1n) is 16.6. The molecule has 4 heteroatoms. The van der Waals surface area contributed by atoms with Crippen molar-refractivity contribution >= 4 is 35.1 Å². The fraction of sp³-hybridized carbons (Fsp3) is 0.317. The van der Waals surface area contributed by atoms with E-state index in [0.29, 0.717) is 0 Å². The van der Waals surface area contributed by atoms with E-state index in [4.69, 9.17) is 17.0 Å². The van der Waals surface area contributed by atoms with Crippen LogP contribution in [0.5, 0.6) is 0 Å². The molecular weight excluding hydrogens is 683 g/mol. The van der Waals surface area contributed by atoms with Gasteiger partial charge in [0.15, 0.2) is 0 Å². The van der Waals surface area contributed by atoms with Crippen molar-refractivity contribution in [1.82, 2.24) is 0 Å². The maximum absolute atomic E-state index is 8.54. The predicted molar refractivity (Wildman–Crippen MR) is 200 cm³/mol. The van der Waals surface area contributed by atoms with Gasteiger partial charge in [0.2, 0.25) is 0 Å². The van der Waals surface area contributed by atoms with E-state index in [2.05, 4.69) is 153 Å². The fourth-order valence-corrected chi connectivity index (χ4v) is 40.7. The molecule has 0 spiro atoms. The van der Waals surface area contributed by atoms with Gasteiger partial charge in [-0.3, -0.25) is 0 Å². The van der Waals surface area contributed by atoms with Gasteiger partial charge in [-0.2, -0.15) is 0 Å². The number of rotatable bonds is 6. The van der Waals surface area contributed by atoms with E-state index in [0.717, 1.165) is 6.42 Å². The first-order valence-corrected chi connectivity index (χ1v) is 32.9. The monoisotopic (exact) mass is 727 g/mol. The zero-order valence-electron chi connectivity index (χ0n) is 28.4. The Kier molecular flexibility index (Phi) is 8.52. The van der Waals surface area contributed by atoms with Crippen LogP contribution in [0.4, 0.5) is 0 Å². The van der Waals surface area contributed by atoms with Crippen molar-refractivity contribution in [2.75, 3.05) is 0 Å². The summed E-state index contributed by atoms with van der Waals surface area (Å²) in [6.07, 6.45) is 5.83. The zero-order valence-corrected chi connectivity index (χ0v) is 33.5. The van der Waals surface area contributed by atoms with Crippen molar-refractivity contribution in [3.05, 3.63) is 129 Å². The van der Waals surface area contributed by atoms with E-state index in [9.17, 15) is 0 Å². The van der Waals surface area contributed by atoms with Crippen LogP contribution in [-0.4, -0.2) is 5.92 Å². The molecule has 0 heterocycles. The molecule has 0 fully saturated rings. The first-order chi connectivity index (χ1) is 21.1. The number of hydrogen-bond acceptors (Lipinski definition) is 0. The third-order valence-electron chi connectivity index (χ3n) is 10.6. The van der Waals surface area contributed by atoms with Gasteiger partial charge in [-0.25, -0.2) is 0 Å². The molecule has 2 atom stereocenters. The topological polar surface area (TPSA) is 0 Å². The Labute approximate surface area is 280 Å². The van der Waals surface area contributed by atoms with Crippen LogP contribution < -0.4 is 0 Å². The summed E-state index contributed by atoms with van der Waals surface area (Å²) < 4.78 is 0.210. The molecule has 233 valence electrons. The zero-order chi connectivity index (χ0) is 32.5. The number of hydrogen-bond donors (Lipinski definition) is 0. The van der Waals surface area contributed by atoms with Gasteiger partial charge in [0.25, 0.3) is 0 Å². The van der Waals surface area contributed by atoms with Crippen LogP contribution >= 0.6 is 17.0 Å². The normalized spacial score (nSPS) is 18.7. The SMILES string of the molecule is CCC1=Cc2c(-c3ccc(C(C)(C)C)cc3)cccc2[CH]1[Zr]([Cl])([Cl])([CH]1C(C)=Cc2c(-c3cc(C)cc(C)c3)cccc21)[SiH](C)C. The van der Waals surface area contributed by atoms with E-state index in [1.807, 2.05) is 0 Å². The van der Waals surface area contributed by atoms with Crippen LogP contribution in [0.25, 0.3) is 34.4 Å². The van der Waals surface area contributed by atoms with Crippen LogP contribution in [0.15, 0.2) is 90.0 Å². The van der Waals surface area contributed by atoms with E-state index in [-0.39, 0.29) is 12.7 Å². The van der Waals surface area contributed by atoms with E-state index in [1.165, 1.54) is 72.3 Å². The Morgan fingerprint density at radius 3 is 1.76 bits per heavy atom. The molecule has 0 saturated heterocycles. The summed E-state index contributed by atoms with van der Waals surface area (Å²) in [6, 6.07) is 29.7. The van der Waals surface area contributed by atoms with Crippen molar-refractivity contribution in [3.8, 4) is 22.3 Å². The van der Waals surface area contributed by atoms with Crippen molar-refractivity contribution < 1.29 is 15.6 Å². The van der Waals surface area contributed by atoms with Crippen LogP contribution in [-0.2, 0) is 21.0 Å². The van der Waals surface area contributed by atoms with Crippen LogP contribution in [0, 0.1) is 13.8 Å². The third-order valence-corrected chi connectivity index (χ3v) is 62.7. The summed E-state index contributed by atoms with van der Waals surface area (Å²) in [5, 5.41) is 0. The second kappa shape index (κ2) is 11.6. The molecule has 0 nitrogen and oxygen atoms in total. The van der Waals surface area contributed by atoms with E-state index >= 15 is 0 Å². The Morgan fingerprint density at radius 2 is 1.22 bits per heavy atom. The Bertz CT molecular complexity index is 1850. The van der Waals surface area contributed by atoms with E-state index < -0.39 is 21.5 Å². The van der Waals surface area contributed by atoms with Crippen molar-refractivity contribution in [3.63, 3.8) is 0 Å². The van der Waals surface area contributed by atoms with Crippen LogP contribution in [0.3, 0.4) is 0 Å². The third kappa shape index (κ3) is 5.37. The van der Waals surface area contributed by atoms with Gasteiger partial charge in [0.1, 0.15) is 0 Å². The fourth-order valence-electron chi connectivity index (χ4n) is 8.32. The minimum atomic E-state index is -4.74. The number of halogens is 2. The molecule has 0 radical (unpaired) electrons. The molecule has 6 rings (SSSR count). The molecule has 4 aromatic rings. The summed E-state index contributed by atoms with van der Waals surface area (Å²) in [6.45, 7) is 20.6. The average molecular weight is 730 g/mol. The summed E-state index contributed by atoms with van der Waals surface area (Å²) in [4.78, 5) is 0. The molecule has 0 amide bonds. The second-order valence-corrected chi connectivity index (χ2v) is 57.5.